The first-order valence-electron chi connectivity index (χ1n) is 7.37. The second kappa shape index (κ2) is 8.51. The average Bonchev–Trinajstić information content (AvgIpc) is 2.52. The van der Waals surface area contributed by atoms with Crippen LogP contribution in [0.15, 0.2) is 30.3 Å². The first-order chi connectivity index (χ1) is 10.7. The third-order valence-electron chi connectivity index (χ3n) is 3.53. The molecule has 0 radical (unpaired) electrons. The summed E-state index contributed by atoms with van der Waals surface area (Å²) in [6.07, 6.45) is 0.166. The molecule has 1 aliphatic heterocycles. The zero-order valence-electron chi connectivity index (χ0n) is 12.4. The Morgan fingerprint density at radius 1 is 1.32 bits per heavy atom. The van der Waals surface area contributed by atoms with E-state index in [9.17, 15) is 9.59 Å². The van der Waals surface area contributed by atoms with Crippen molar-refractivity contribution in [3.63, 3.8) is 0 Å². The van der Waals surface area contributed by atoms with Crippen LogP contribution in [-0.2, 0) is 25.7 Å². The number of carboxylic acids is 1. The Morgan fingerprint density at radius 2 is 2.09 bits per heavy atom. The summed E-state index contributed by atoms with van der Waals surface area (Å²) in [5, 5.41) is 8.89. The van der Waals surface area contributed by atoms with E-state index in [2.05, 4.69) is 0 Å². The molecular formula is C16H21NO5. The summed E-state index contributed by atoms with van der Waals surface area (Å²) in [4.78, 5) is 24.6. The van der Waals surface area contributed by atoms with Crippen LogP contribution >= 0.6 is 0 Å². The maximum absolute atomic E-state index is 12.2. The van der Waals surface area contributed by atoms with Gasteiger partial charge in [-0.3, -0.25) is 9.59 Å². The summed E-state index contributed by atoms with van der Waals surface area (Å²) in [5.41, 5.74) is 1.06. The Balaban J connectivity index is 1.74. The van der Waals surface area contributed by atoms with E-state index in [4.69, 9.17) is 14.6 Å². The van der Waals surface area contributed by atoms with Crippen molar-refractivity contribution in [2.75, 3.05) is 26.4 Å². The molecule has 0 spiro atoms. The van der Waals surface area contributed by atoms with Crippen molar-refractivity contribution in [3.05, 3.63) is 35.9 Å². The number of amides is 1. The molecule has 2 rings (SSSR count). The second-order valence-electron chi connectivity index (χ2n) is 5.20. The third-order valence-corrected chi connectivity index (χ3v) is 3.53. The number of carbonyl (C=O) groups excluding carboxylic acids is 1. The van der Waals surface area contributed by atoms with Crippen molar-refractivity contribution in [1.82, 2.24) is 4.90 Å². The molecule has 0 aromatic heterocycles. The van der Waals surface area contributed by atoms with Crippen LogP contribution in [0, 0.1) is 0 Å². The molecule has 1 aromatic rings. The predicted octanol–water partition coefficient (Wildman–Crippen LogP) is 1.30. The highest BCUT2D eigenvalue weighted by Gasteiger charge is 2.28. The van der Waals surface area contributed by atoms with E-state index in [0.29, 0.717) is 26.4 Å². The minimum atomic E-state index is -0.923. The molecule has 1 aromatic carbocycles. The van der Waals surface area contributed by atoms with Gasteiger partial charge in [0, 0.05) is 6.54 Å². The summed E-state index contributed by atoms with van der Waals surface area (Å²) in [6, 6.07) is 9.36. The molecule has 0 saturated carbocycles. The molecule has 22 heavy (non-hydrogen) atoms. The van der Waals surface area contributed by atoms with Crippen LogP contribution in [0.4, 0.5) is 0 Å². The number of morpholine rings is 1. The van der Waals surface area contributed by atoms with E-state index in [1.807, 2.05) is 30.3 Å². The maximum Gasteiger partial charge on any atom is 0.305 e. The van der Waals surface area contributed by atoms with E-state index in [1.54, 1.807) is 4.90 Å². The summed E-state index contributed by atoms with van der Waals surface area (Å²) >= 11 is 0. The lowest BCUT2D eigenvalue weighted by Crippen LogP contribution is -2.49. The van der Waals surface area contributed by atoms with Gasteiger partial charge < -0.3 is 19.5 Å². The molecule has 1 N–H and O–H groups in total. The van der Waals surface area contributed by atoms with Crippen molar-refractivity contribution < 1.29 is 24.2 Å². The largest absolute Gasteiger partial charge is 0.481 e. The molecule has 1 atom stereocenters. The van der Waals surface area contributed by atoms with Gasteiger partial charge in [-0.05, 0) is 5.56 Å². The summed E-state index contributed by atoms with van der Waals surface area (Å²) in [7, 11) is 0. The predicted molar refractivity (Wildman–Crippen MR) is 79.3 cm³/mol. The number of hydrogen-bond acceptors (Lipinski definition) is 4. The molecule has 0 bridgehead atoms. The lowest BCUT2D eigenvalue weighted by Gasteiger charge is -2.34. The van der Waals surface area contributed by atoms with Crippen LogP contribution in [0.1, 0.15) is 18.4 Å². The van der Waals surface area contributed by atoms with Crippen LogP contribution in [0.5, 0.6) is 0 Å². The van der Waals surface area contributed by atoms with Gasteiger partial charge in [0.25, 0.3) is 0 Å². The van der Waals surface area contributed by atoms with Crippen molar-refractivity contribution in [3.8, 4) is 0 Å². The fourth-order valence-corrected chi connectivity index (χ4v) is 2.42. The van der Waals surface area contributed by atoms with Gasteiger partial charge in [0.15, 0.2) is 0 Å². The second-order valence-corrected chi connectivity index (χ2v) is 5.20. The van der Waals surface area contributed by atoms with E-state index >= 15 is 0 Å². The van der Waals surface area contributed by atoms with Crippen LogP contribution in [0.25, 0.3) is 0 Å². The van der Waals surface area contributed by atoms with Gasteiger partial charge in [-0.2, -0.15) is 0 Å². The third kappa shape index (κ3) is 5.13. The Morgan fingerprint density at radius 3 is 2.82 bits per heavy atom. The molecule has 0 unspecified atom stereocenters. The molecule has 0 aliphatic carbocycles. The number of carboxylic acid groups (broad SMARTS) is 1. The molecule has 1 aliphatic rings. The highest BCUT2D eigenvalue weighted by molar-refractivity contribution is 5.78. The number of rotatable bonds is 7. The quantitative estimate of drug-likeness (QED) is 0.768. The zero-order valence-corrected chi connectivity index (χ0v) is 12.4. The van der Waals surface area contributed by atoms with E-state index in [0.717, 1.165) is 5.56 Å². The smallest absolute Gasteiger partial charge is 0.305 e. The molecule has 6 heteroatoms. The summed E-state index contributed by atoms with van der Waals surface area (Å²) in [6.45, 7) is 1.96. The fourth-order valence-electron chi connectivity index (χ4n) is 2.42. The van der Waals surface area contributed by atoms with Crippen LogP contribution in [0.2, 0.25) is 0 Å². The lowest BCUT2D eigenvalue weighted by molar-refractivity contribution is -0.147. The molecule has 1 heterocycles. The average molecular weight is 307 g/mol. The number of carbonyl (C=O) groups is 2. The molecule has 6 nitrogen and oxygen atoms in total. The van der Waals surface area contributed by atoms with Gasteiger partial charge in [-0.15, -0.1) is 0 Å². The Bertz CT molecular complexity index is 491. The molecule has 1 saturated heterocycles. The number of aliphatic carboxylic acids is 1. The molecule has 1 fully saturated rings. The van der Waals surface area contributed by atoms with Gasteiger partial charge in [-0.25, -0.2) is 0 Å². The Labute approximate surface area is 129 Å². The minimum absolute atomic E-state index is 0.0809. The number of nitrogens with zero attached hydrogens (tertiary/aromatic N) is 1. The van der Waals surface area contributed by atoms with E-state index in [-0.39, 0.29) is 31.4 Å². The summed E-state index contributed by atoms with van der Waals surface area (Å²) < 4.78 is 10.8. The highest BCUT2D eigenvalue weighted by atomic mass is 16.5. The van der Waals surface area contributed by atoms with Gasteiger partial charge in [0.05, 0.1) is 45.3 Å². The fraction of sp³-hybridized carbons (Fsp3) is 0.500. The van der Waals surface area contributed by atoms with Crippen molar-refractivity contribution in [2.45, 2.75) is 25.5 Å². The highest BCUT2D eigenvalue weighted by Crippen LogP contribution is 2.12. The van der Waals surface area contributed by atoms with Gasteiger partial charge >= 0.3 is 5.97 Å². The normalized spacial score (nSPS) is 18.2. The Kier molecular flexibility index (Phi) is 6.36. The van der Waals surface area contributed by atoms with Crippen molar-refractivity contribution >= 4 is 11.9 Å². The van der Waals surface area contributed by atoms with Crippen molar-refractivity contribution in [2.24, 2.45) is 0 Å². The first kappa shape index (κ1) is 16.5. The molecular weight excluding hydrogens is 286 g/mol. The van der Waals surface area contributed by atoms with Crippen molar-refractivity contribution in [1.29, 1.82) is 0 Å². The number of ether oxygens (including phenoxy) is 2. The van der Waals surface area contributed by atoms with Gasteiger partial charge in [0.1, 0.15) is 0 Å². The Hall–Kier alpha value is -1.92. The first-order valence-corrected chi connectivity index (χ1v) is 7.37. The van der Waals surface area contributed by atoms with Gasteiger partial charge in [-0.1, -0.05) is 30.3 Å². The number of benzene rings is 1. The molecule has 120 valence electrons. The summed E-state index contributed by atoms with van der Waals surface area (Å²) in [5.74, 6) is -1.00. The maximum atomic E-state index is 12.2. The van der Waals surface area contributed by atoms with E-state index < -0.39 is 5.97 Å². The topological polar surface area (TPSA) is 76.1 Å². The monoisotopic (exact) mass is 307 g/mol. The lowest BCUT2D eigenvalue weighted by atomic mass is 10.1. The van der Waals surface area contributed by atoms with Crippen LogP contribution in [-0.4, -0.2) is 54.3 Å². The van der Waals surface area contributed by atoms with Crippen LogP contribution < -0.4 is 0 Å². The minimum Gasteiger partial charge on any atom is -0.481 e. The molecule has 1 amide bonds. The standard InChI is InChI=1S/C16H21NO5/c18-15(6-8-21-11-13-4-2-1-3-5-13)17-7-9-22-12-14(17)10-16(19)20/h1-5,14H,6-12H2,(H,19,20)/t14-/m1/s1. The van der Waals surface area contributed by atoms with E-state index in [1.165, 1.54) is 0 Å². The zero-order chi connectivity index (χ0) is 15.8. The van der Waals surface area contributed by atoms with Crippen LogP contribution in [0.3, 0.4) is 0 Å². The number of hydrogen-bond donors (Lipinski definition) is 1. The SMILES string of the molecule is O=C(O)C[C@@H]1COCCN1C(=O)CCOCc1ccccc1. The van der Waals surface area contributed by atoms with Gasteiger partial charge in [0.2, 0.25) is 5.91 Å².